The van der Waals surface area contributed by atoms with Gasteiger partial charge >= 0.3 is 0 Å². The number of carbonyl (C=O) groups is 1. The van der Waals surface area contributed by atoms with E-state index >= 15 is 0 Å². The van der Waals surface area contributed by atoms with Crippen molar-refractivity contribution in [3.63, 3.8) is 0 Å². The largest absolute Gasteiger partial charge is 0.280 e. The van der Waals surface area contributed by atoms with Crippen LogP contribution in [-0.4, -0.2) is 20.7 Å². The van der Waals surface area contributed by atoms with E-state index in [0.717, 1.165) is 34.4 Å². The Kier molecular flexibility index (Phi) is 5.45. The number of hydrogen-bond donors (Lipinski definition) is 0. The van der Waals surface area contributed by atoms with E-state index in [1.165, 1.54) is 5.56 Å². The molecule has 0 unspecified atom stereocenters. The minimum absolute atomic E-state index is 0.124. The third kappa shape index (κ3) is 3.80. The van der Waals surface area contributed by atoms with Crippen LogP contribution in [0.4, 0.5) is 5.13 Å². The van der Waals surface area contributed by atoms with Crippen LogP contribution in [0.1, 0.15) is 41.2 Å². The summed E-state index contributed by atoms with van der Waals surface area (Å²) in [5, 5.41) is 5.21. The van der Waals surface area contributed by atoms with Crippen LogP contribution in [0.15, 0.2) is 54.6 Å². The summed E-state index contributed by atoms with van der Waals surface area (Å²) in [5.41, 5.74) is 4.67. The molecule has 148 valence electrons. The fourth-order valence-corrected chi connectivity index (χ4v) is 4.47. The number of benzene rings is 2. The maximum Gasteiger partial charge on any atom is 0.280 e. The van der Waals surface area contributed by atoms with Gasteiger partial charge in [-0.15, -0.1) is 0 Å². The van der Waals surface area contributed by atoms with Crippen LogP contribution in [0.25, 0.3) is 10.2 Å². The molecule has 4 aromatic rings. The Hall–Kier alpha value is -2.99. The molecule has 0 aliphatic carbocycles. The molecule has 0 N–H and O–H groups in total. The number of para-hydroxylation sites is 1. The van der Waals surface area contributed by atoms with Crippen LogP contribution >= 0.6 is 11.3 Å². The van der Waals surface area contributed by atoms with E-state index in [-0.39, 0.29) is 5.91 Å². The average Bonchev–Trinajstić information content (AvgIpc) is 3.35. The number of hydrogen-bond acceptors (Lipinski definition) is 4. The van der Waals surface area contributed by atoms with Crippen molar-refractivity contribution in [2.45, 2.75) is 40.3 Å². The topological polar surface area (TPSA) is 51.0 Å². The van der Waals surface area contributed by atoms with Crippen LogP contribution in [-0.2, 0) is 19.5 Å². The van der Waals surface area contributed by atoms with Gasteiger partial charge in [0.15, 0.2) is 10.8 Å². The summed E-state index contributed by atoms with van der Waals surface area (Å²) < 4.78 is 2.95. The predicted molar refractivity (Wildman–Crippen MR) is 119 cm³/mol. The van der Waals surface area contributed by atoms with Crippen LogP contribution in [0.2, 0.25) is 0 Å². The maximum atomic E-state index is 13.5. The van der Waals surface area contributed by atoms with Crippen molar-refractivity contribution in [2.24, 2.45) is 0 Å². The van der Waals surface area contributed by atoms with Crippen molar-refractivity contribution in [1.29, 1.82) is 0 Å². The molecule has 0 spiro atoms. The van der Waals surface area contributed by atoms with Crippen molar-refractivity contribution in [3.8, 4) is 0 Å². The van der Waals surface area contributed by atoms with Gasteiger partial charge in [-0.05, 0) is 43.5 Å². The third-order valence-electron chi connectivity index (χ3n) is 5.03. The number of carbonyl (C=O) groups excluding carboxylic acids is 1. The maximum absolute atomic E-state index is 13.5. The molecule has 0 fully saturated rings. The van der Waals surface area contributed by atoms with E-state index in [4.69, 9.17) is 4.98 Å². The first-order valence-electron chi connectivity index (χ1n) is 9.89. The molecule has 0 atom stereocenters. The highest BCUT2D eigenvalue weighted by Crippen LogP contribution is 2.32. The minimum atomic E-state index is -0.124. The second-order valence-electron chi connectivity index (χ2n) is 6.98. The van der Waals surface area contributed by atoms with Gasteiger partial charge in [0.05, 0.1) is 16.8 Å². The molecule has 0 bridgehead atoms. The molecule has 2 heterocycles. The van der Waals surface area contributed by atoms with Gasteiger partial charge in [-0.2, -0.15) is 5.10 Å². The van der Waals surface area contributed by atoms with Gasteiger partial charge in [0.1, 0.15) is 0 Å². The van der Waals surface area contributed by atoms with Crippen molar-refractivity contribution in [1.82, 2.24) is 14.8 Å². The van der Waals surface area contributed by atoms with E-state index < -0.39 is 0 Å². The number of amides is 1. The highest BCUT2D eigenvalue weighted by atomic mass is 32.1. The van der Waals surface area contributed by atoms with Gasteiger partial charge in [0, 0.05) is 12.2 Å². The van der Waals surface area contributed by atoms with Crippen LogP contribution < -0.4 is 4.90 Å². The van der Waals surface area contributed by atoms with Crippen molar-refractivity contribution < 1.29 is 4.79 Å². The number of anilines is 1. The van der Waals surface area contributed by atoms with Gasteiger partial charge in [0.25, 0.3) is 5.91 Å². The summed E-state index contributed by atoms with van der Waals surface area (Å²) in [4.78, 5) is 20.1. The first kappa shape index (κ1) is 19.3. The van der Waals surface area contributed by atoms with Crippen LogP contribution in [0.5, 0.6) is 0 Å². The molecule has 0 aliphatic rings. The lowest BCUT2D eigenvalue weighted by molar-refractivity contribution is 0.0979. The molecule has 6 heteroatoms. The molecule has 4 rings (SSSR count). The minimum Gasteiger partial charge on any atom is -0.278 e. The predicted octanol–water partition coefficient (Wildman–Crippen LogP) is 5.23. The smallest absolute Gasteiger partial charge is 0.278 e. The zero-order valence-corrected chi connectivity index (χ0v) is 17.7. The van der Waals surface area contributed by atoms with E-state index in [9.17, 15) is 4.79 Å². The lowest BCUT2D eigenvalue weighted by Crippen LogP contribution is -2.30. The Morgan fingerprint density at radius 2 is 1.90 bits per heavy atom. The van der Waals surface area contributed by atoms with Gasteiger partial charge in [0.2, 0.25) is 0 Å². The zero-order chi connectivity index (χ0) is 20.4. The normalized spacial score (nSPS) is 11.1. The van der Waals surface area contributed by atoms with Gasteiger partial charge in [-0.1, -0.05) is 60.7 Å². The molecule has 29 heavy (non-hydrogen) atoms. The zero-order valence-electron chi connectivity index (χ0n) is 16.9. The summed E-state index contributed by atoms with van der Waals surface area (Å²) >= 11 is 1.55. The number of nitrogens with zero attached hydrogens (tertiary/aromatic N) is 4. The quantitative estimate of drug-likeness (QED) is 0.442. The van der Waals surface area contributed by atoms with E-state index in [1.807, 2.05) is 54.9 Å². The lowest BCUT2D eigenvalue weighted by atomic mass is 10.1. The Morgan fingerprint density at radius 1 is 1.10 bits per heavy atom. The Morgan fingerprint density at radius 3 is 2.59 bits per heavy atom. The number of aromatic nitrogens is 3. The molecular weight excluding hydrogens is 380 g/mol. The Labute approximate surface area is 174 Å². The summed E-state index contributed by atoms with van der Waals surface area (Å²) in [7, 11) is 0. The standard InChI is InChI=1S/C23H24N4OS/c1-4-18-12-9-13-20-21(18)24-23(29-20)26(15-17-10-7-6-8-11-17)22(28)19-14-16(3)27(5-2)25-19/h6-14H,4-5,15H2,1-3H3. The van der Waals surface area contributed by atoms with Gasteiger partial charge in [-0.25, -0.2) is 4.98 Å². The van der Waals surface area contributed by atoms with Crippen LogP contribution in [0, 0.1) is 6.92 Å². The number of rotatable bonds is 6. The molecule has 5 nitrogen and oxygen atoms in total. The molecule has 0 saturated carbocycles. The summed E-state index contributed by atoms with van der Waals surface area (Å²) in [6.45, 7) is 7.31. The first-order chi connectivity index (χ1) is 14.1. The molecule has 1 amide bonds. The molecule has 0 radical (unpaired) electrons. The third-order valence-corrected chi connectivity index (χ3v) is 6.08. The first-order valence-corrected chi connectivity index (χ1v) is 10.7. The van der Waals surface area contributed by atoms with Crippen molar-refractivity contribution >= 4 is 32.6 Å². The molecule has 2 aromatic heterocycles. The fourth-order valence-electron chi connectivity index (χ4n) is 3.46. The molecule has 0 aliphatic heterocycles. The van der Waals surface area contributed by atoms with E-state index in [1.54, 1.807) is 16.2 Å². The Balaban J connectivity index is 1.78. The Bertz CT molecular complexity index is 1150. The highest BCUT2D eigenvalue weighted by molar-refractivity contribution is 7.22. The fraction of sp³-hybridized carbons (Fsp3) is 0.261. The lowest BCUT2D eigenvalue weighted by Gasteiger charge is -2.19. The molecular formula is C23H24N4OS. The van der Waals surface area contributed by atoms with Crippen LogP contribution in [0.3, 0.4) is 0 Å². The van der Waals surface area contributed by atoms with Gasteiger partial charge in [-0.3, -0.25) is 14.4 Å². The average molecular weight is 405 g/mol. The number of fused-ring (bicyclic) bond motifs is 1. The van der Waals surface area contributed by atoms with Crippen molar-refractivity contribution in [3.05, 3.63) is 77.1 Å². The highest BCUT2D eigenvalue weighted by Gasteiger charge is 2.24. The van der Waals surface area contributed by atoms with E-state index in [0.29, 0.717) is 17.4 Å². The second kappa shape index (κ2) is 8.17. The summed E-state index contributed by atoms with van der Waals surface area (Å²) in [6, 6.07) is 18.1. The van der Waals surface area contributed by atoms with Crippen molar-refractivity contribution in [2.75, 3.05) is 4.90 Å². The SMILES string of the molecule is CCc1cccc2sc(N(Cc3ccccc3)C(=O)c3cc(C)n(CC)n3)nc12. The number of thiazole rings is 1. The summed E-state index contributed by atoms with van der Waals surface area (Å²) in [5.74, 6) is -0.124. The number of aryl methyl sites for hydroxylation is 3. The molecule has 2 aromatic carbocycles. The molecule has 0 saturated heterocycles. The summed E-state index contributed by atoms with van der Waals surface area (Å²) in [6.07, 6.45) is 0.910. The monoisotopic (exact) mass is 404 g/mol. The van der Waals surface area contributed by atoms with Gasteiger partial charge < -0.3 is 0 Å². The van der Waals surface area contributed by atoms with E-state index in [2.05, 4.69) is 30.2 Å². The second-order valence-corrected chi connectivity index (χ2v) is 7.99.